The molecule has 6 heterocycles. The number of para-hydroxylation sites is 1. The Morgan fingerprint density at radius 3 is 2.03 bits per heavy atom. The molecule has 4 aliphatic heterocycles. The van der Waals surface area contributed by atoms with Crippen molar-refractivity contribution in [3.05, 3.63) is 130 Å². The van der Waals surface area contributed by atoms with Crippen molar-refractivity contribution >= 4 is 78.8 Å². The van der Waals surface area contributed by atoms with Gasteiger partial charge in [0.1, 0.15) is 11.1 Å². The van der Waals surface area contributed by atoms with E-state index < -0.39 is 0 Å². The molecule has 6 aliphatic rings. The minimum atomic E-state index is -0.115. The van der Waals surface area contributed by atoms with Gasteiger partial charge in [-0.2, -0.15) is 0 Å². The molecule has 0 N–H and O–H groups in total. The summed E-state index contributed by atoms with van der Waals surface area (Å²) in [6, 6.07) is 36.4. The van der Waals surface area contributed by atoms with Crippen LogP contribution in [0.1, 0.15) is 139 Å². The summed E-state index contributed by atoms with van der Waals surface area (Å²) in [5, 5.41) is 2.41. The number of fused-ring (bicyclic) bond motifs is 15. The van der Waals surface area contributed by atoms with Gasteiger partial charge in [-0.05, 0) is 182 Å². The minimum Gasteiger partial charge on any atom is -0.454 e. The molecule has 4 unspecified atom stereocenters. The molecule has 336 valence electrons. The summed E-state index contributed by atoms with van der Waals surface area (Å²) >= 11 is 0. The van der Waals surface area contributed by atoms with Gasteiger partial charge in [0, 0.05) is 50.0 Å². The number of hydrogen-bond donors (Lipinski definition) is 0. The first kappa shape index (κ1) is 40.4. The minimum absolute atomic E-state index is 0.0319. The molecule has 8 aromatic rings. The van der Waals surface area contributed by atoms with E-state index in [0.717, 1.165) is 17.6 Å². The highest BCUT2D eigenvalue weighted by molar-refractivity contribution is 7.00. The molecule has 5 heteroatoms. The van der Waals surface area contributed by atoms with Crippen molar-refractivity contribution in [3.63, 3.8) is 0 Å². The normalized spacial score (nSPS) is 25.5. The van der Waals surface area contributed by atoms with Crippen molar-refractivity contribution in [1.82, 2.24) is 4.57 Å². The summed E-state index contributed by atoms with van der Waals surface area (Å²) < 4.78 is 9.81. The van der Waals surface area contributed by atoms with Crippen molar-refractivity contribution in [2.45, 2.75) is 155 Å². The summed E-state index contributed by atoms with van der Waals surface area (Å²) in [7, 11) is 0. The van der Waals surface area contributed by atoms with Crippen LogP contribution in [0.4, 0.5) is 22.7 Å². The lowest BCUT2D eigenvalue weighted by Crippen LogP contribution is -2.64. The van der Waals surface area contributed by atoms with Crippen LogP contribution in [0.2, 0.25) is 0 Å². The van der Waals surface area contributed by atoms with E-state index in [4.69, 9.17) is 4.42 Å². The maximum absolute atomic E-state index is 7.11. The maximum Gasteiger partial charge on any atom is 0.252 e. The lowest BCUT2D eigenvalue weighted by atomic mass is 9.33. The van der Waals surface area contributed by atoms with Gasteiger partial charge in [0.05, 0.1) is 16.6 Å². The number of rotatable bonds is 2. The highest BCUT2D eigenvalue weighted by Gasteiger charge is 2.63. The number of benzene rings is 6. The standard InChI is InChI=1S/C62H64BN3O/c1-35-27-38(4)52-47(28-35)65(62(11)26-17-15-24-60(52,62)9)41-33-48-53-49(34-41)66-56-44(59(8)23-14-16-25-61(59,66)10)29-39(51-36(2)19-18-20-37(51)3)30-45(56)63(53)46-32-40(58(5,6)7)31-43-54(46)64(48)55-42-21-12-13-22-50(42)67-57(43)55/h12-13,18-22,27-34H,14-17,23-26H2,1-11H3. The van der Waals surface area contributed by atoms with E-state index in [1.54, 1.807) is 11.1 Å². The smallest absolute Gasteiger partial charge is 0.252 e. The third-order valence-corrected chi connectivity index (χ3v) is 19.6. The fraction of sp³-hybridized carbons (Fsp3) is 0.387. The number of aromatic nitrogens is 1. The largest absolute Gasteiger partial charge is 0.454 e. The maximum atomic E-state index is 7.11. The fourth-order valence-electron chi connectivity index (χ4n) is 16.0. The monoisotopic (exact) mass is 878 g/mol. The molecule has 4 nitrogen and oxygen atoms in total. The van der Waals surface area contributed by atoms with Crippen LogP contribution in [-0.2, 0) is 16.2 Å². The van der Waals surface area contributed by atoms with E-state index in [2.05, 4.69) is 182 Å². The Morgan fingerprint density at radius 1 is 0.597 bits per heavy atom. The van der Waals surface area contributed by atoms with E-state index in [1.807, 2.05) is 0 Å². The predicted molar refractivity (Wildman–Crippen MR) is 284 cm³/mol. The highest BCUT2D eigenvalue weighted by Crippen LogP contribution is 2.65. The van der Waals surface area contributed by atoms with E-state index in [-0.39, 0.29) is 34.0 Å². The third-order valence-electron chi connectivity index (χ3n) is 19.6. The molecule has 2 saturated carbocycles. The Hall–Kier alpha value is -5.68. The molecule has 0 spiro atoms. The number of hydrogen-bond acceptors (Lipinski definition) is 3. The zero-order chi connectivity index (χ0) is 46.1. The predicted octanol–water partition coefficient (Wildman–Crippen LogP) is 14.4. The second kappa shape index (κ2) is 12.7. The molecule has 0 radical (unpaired) electrons. The van der Waals surface area contributed by atoms with Gasteiger partial charge in [0.15, 0.2) is 5.58 Å². The van der Waals surface area contributed by atoms with E-state index >= 15 is 0 Å². The third kappa shape index (κ3) is 4.68. The van der Waals surface area contributed by atoms with Gasteiger partial charge in [-0.3, -0.25) is 0 Å². The van der Waals surface area contributed by atoms with Gasteiger partial charge in [-0.25, -0.2) is 0 Å². The molecule has 0 amide bonds. The van der Waals surface area contributed by atoms with Gasteiger partial charge in [0.2, 0.25) is 0 Å². The summed E-state index contributed by atoms with van der Waals surface area (Å²) in [6.07, 6.45) is 9.76. The fourth-order valence-corrected chi connectivity index (χ4v) is 16.0. The van der Waals surface area contributed by atoms with Crippen molar-refractivity contribution in [2.75, 3.05) is 9.80 Å². The quantitative estimate of drug-likeness (QED) is 0.162. The van der Waals surface area contributed by atoms with Gasteiger partial charge in [-0.1, -0.05) is 109 Å². The van der Waals surface area contributed by atoms with E-state index in [9.17, 15) is 0 Å². The Kier molecular flexibility index (Phi) is 7.65. The van der Waals surface area contributed by atoms with Crippen LogP contribution in [-0.4, -0.2) is 22.4 Å². The zero-order valence-electron chi connectivity index (χ0n) is 41.6. The molecular formula is C62H64BN3O. The van der Waals surface area contributed by atoms with E-state index in [0.29, 0.717) is 0 Å². The molecule has 4 atom stereocenters. The summed E-state index contributed by atoms with van der Waals surface area (Å²) in [5.74, 6) is 0. The Bertz CT molecular complexity index is 3540. The average molecular weight is 878 g/mol. The molecule has 0 bridgehead atoms. The molecular weight excluding hydrogens is 814 g/mol. The first-order chi connectivity index (χ1) is 32.0. The first-order valence-corrected chi connectivity index (χ1v) is 25.6. The van der Waals surface area contributed by atoms with Crippen LogP contribution in [0.15, 0.2) is 95.4 Å². The summed E-state index contributed by atoms with van der Waals surface area (Å²) in [4.78, 5) is 5.82. The van der Waals surface area contributed by atoms with Gasteiger partial charge in [0.25, 0.3) is 6.71 Å². The Labute approximate surface area is 397 Å². The van der Waals surface area contributed by atoms with E-state index in [1.165, 1.54) is 151 Å². The van der Waals surface area contributed by atoms with Crippen LogP contribution in [0.25, 0.3) is 49.8 Å². The molecule has 2 aromatic heterocycles. The number of aryl methyl sites for hydroxylation is 4. The summed E-state index contributed by atoms with van der Waals surface area (Å²) in [5.41, 5.74) is 28.2. The average Bonchev–Trinajstić information content (AvgIpc) is 3.94. The second-order valence-corrected chi connectivity index (χ2v) is 24.2. The SMILES string of the molecule is Cc1cc(C)c2c(c1)N(c1cc3c4c(c1)-n1c5c(cc(C(C)(C)C)cc5c5oc6ccccc6c51)B4c1cc(-c4c(C)cccc4C)cc4c1N3C1(C)CCCCC41C)C1(C)CCCCC21C. The van der Waals surface area contributed by atoms with Crippen LogP contribution in [0.5, 0.6) is 0 Å². The highest BCUT2D eigenvalue weighted by atomic mass is 16.3. The molecule has 2 fully saturated rings. The van der Waals surface area contributed by atoms with Gasteiger partial charge in [-0.15, -0.1) is 0 Å². The van der Waals surface area contributed by atoms with Gasteiger partial charge >= 0.3 is 0 Å². The van der Waals surface area contributed by atoms with Crippen molar-refractivity contribution in [1.29, 1.82) is 0 Å². The lowest BCUT2D eigenvalue weighted by molar-refractivity contribution is 0.193. The second-order valence-electron chi connectivity index (χ2n) is 24.2. The molecule has 0 saturated heterocycles. The summed E-state index contributed by atoms with van der Waals surface area (Å²) in [6.45, 7) is 27.0. The molecule has 6 aromatic carbocycles. The topological polar surface area (TPSA) is 24.6 Å². The Morgan fingerprint density at radius 2 is 1.28 bits per heavy atom. The van der Waals surface area contributed by atoms with Crippen LogP contribution >= 0.6 is 0 Å². The lowest BCUT2D eigenvalue weighted by Gasteiger charge is -2.53. The number of nitrogens with zero attached hydrogens (tertiary/aromatic N) is 3. The van der Waals surface area contributed by atoms with Crippen molar-refractivity contribution in [2.24, 2.45) is 0 Å². The van der Waals surface area contributed by atoms with Crippen molar-refractivity contribution in [3.8, 4) is 16.8 Å². The molecule has 67 heavy (non-hydrogen) atoms. The Balaban J connectivity index is 1.18. The van der Waals surface area contributed by atoms with Crippen LogP contribution in [0, 0.1) is 27.7 Å². The van der Waals surface area contributed by atoms with Crippen molar-refractivity contribution < 1.29 is 4.42 Å². The van der Waals surface area contributed by atoms with Gasteiger partial charge < -0.3 is 18.8 Å². The molecule has 2 aliphatic carbocycles. The zero-order valence-corrected chi connectivity index (χ0v) is 41.6. The number of furan rings is 1. The number of anilines is 4. The van der Waals surface area contributed by atoms with Crippen LogP contribution < -0.4 is 26.2 Å². The van der Waals surface area contributed by atoms with Crippen LogP contribution in [0.3, 0.4) is 0 Å². The first-order valence-electron chi connectivity index (χ1n) is 25.6. The molecule has 14 rings (SSSR count).